The van der Waals surface area contributed by atoms with Gasteiger partial charge in [0.25, 0.3) is 0 Å². The Hall–Kier alpha value is -2.24. The molecule has 0 radical (unpaired) electrons. The number of anilines is 1. The third-order valence-corrected chi connectivity index (χ3v) is 5.02. The third kappa shape index (κ3) is 7.22. The van der Waals surface area contributed by atoms with Crippen LogP contribution in [0.1, 0.15) is 91.7 Å². The fourth-order valence-corrected chi connectivity index (χ4v) is 3.11. The van der Waals surface area contributed by atoms with Gasteiger partial charge >= 0.3 is 0 Å². The third-order valence-electron chi connectivity index (χ3n) is 5.02. The van der Waals surface area contributed by atoms with Crippen molar-refractivity contribution >= 4 is 5.82 Å². The van der Waals surface area contributed by atoms with Crippen LogP contribution >= 0.6 is 0 Å². The summed E-state index contributed by atoms with van der Waals surface area (Å²) in [6.45, 7) is 12.1. The smallest absolute Gasteiger partial charge is 0.215 e. The van der Waals surface area contributed by atoms with Gasteiger partial charge in [0.15, 0.2) is 5.75 Å². The molecular formula is C24H40N4O2. The van der Waals surface area contributed by atoms with Crippen LogP contribution in [-0.4, -0.2) is 28.0 Å². The van der Waals surface area contributed by atoms with Gasteiger partial charge < -0.3 is 15.2 Å². The average Bonchev–Trinajstić information content (AvgIpc) is 3.10. The van der Waals surface area contributed by atoms with E-state index >= 15 is 0 Å². The molecule has 2 heterocycles. The molecule has 2 rings (SSSR count). The average molecular weight is 417 g/mol. The molecule has 0 atom stereocenters. The van der Waals surface area contributed by atoms with Crippen molar-refractivity contribution in [3.05, 3.63) is 23.9 Å². The van der Waals surface area contributed by atoms with E-state index in [2.05, 4.69) is 34.6 Å². The quantitative estimate of drug-likeness (QED) is 0.401. The van der Waals surface area contributed by atoms with E-state index in [0.717, 1.165) is 25.0 Å². The van der Waals surface area contributed by atoms with Crippen LogP contribution in [0.3, 0.4) is 0 Å². The topological polar surface area (TPSA) is 75.2 Å². The number of hydrogen-bond donors (Lipinski definition) is 1. The van der Waals surface area contributed by atoms with E-state index in [-0.39, 0.29) is 5.41 Å². The lowest BCUT2D eigenvalue weighted by molar-refractivity contribution is 0.285. The highest BCUT2D eigenvalue weighted by molar-refractivity contribution is 5.49. The van der Waals surface area contributed by atoms with E-state index in [9.17, 15) is 0 Å². The van der Waals surface area contributed by atoms with Gasteiger partial charge in [0.2, 0.25) is 11.7 Å². The molecule has 0 unspecified atom stereocenters. The first-order chi connectivity index (χ1) is 14.4. The summed E-state index contributed by atoms with van der Waals surface area (Å²) in [6, 6.07) is 5.70. The first-order valence-electron chi connectivity index (χ1n) is 11.5. The zero-order chi connectivity index (χ0) is 22.0. The number of rotatable bonds is 13. The minimum Gasteiger partial charge on any atom is -0.490 e. The lowest BCUT2D eigenvalue weighted by Gasteiger charge is -2.15. The van der Waals surface area contributed by atoms with Crippen LogP contribution in [0, 0.1) is 0 Å². The molecule has 0 saturated carbocycles. The van der Waals surface area contributed by atoms with Gasteiger partial charge in [-0.05, 0) is 18.9 Å². The number of nitrogens with zero attached hydrogens (tertiary/aromatic N) is 3. The zero-order valence-electron chi connectivity index (χ0n) is 19.5. The van der Waals surface area contributed by atoms with Crippen LogP contribution in [0.15, 0.2) is 18.2 Å². The maximum atomic E-state index is 6.30. The molecule has 168 valence electrons. The second-order valence-electron chi connectivity index (χ2n) is 8.91. The zero-order valence-corrected chi connectivity index (χ0v) is 19.5. The highest BCUT2D eigenvalue weighted by Crippen LogP contribution is 2.29. The molecule has 0 aliphatic carbocycles. The standard InChI is InChI=1S/C24H40N4O2/c1-6-8-10-12-16-29-19-14-15-22(30-17-13-11-9-7-2)26-23(19)28-21(25)18-20(27-28)24(3,4)5/h14-15,18H,6-13,16-17,25H2,1-5H3. The van der Waals surface area contributed by atoms with Gasteiger partial charge in [-0.1, -0.05) is 73.1 Å². The molecule has 0 aromatic carbocycles. The fourth-order valence-electron chi connectivity index (χ4n) is 3.11. The van der Waals surface area contributed by atoms with Crippen LogP contribution in [-0.2, 0) is 5.41 Å². The second-order valence-corrected chi connectivity index (χ2v) is 8.91. The molecule has 0 amide bonds. The summed E-state index contributed by atoms with van der Waals surface area (Å²) in [6.07, 6.45) is 9.24. The van der Waals surface area contributed by atoms with Crippen molar-refractivity contribution in [1.29, 1.82) is 0 Å². The van der Waals surface area contributed by atoms with Crippen molar-refractivity contribution in [2.75, 3.05) is 18.9 Å². The number of aromatic nitrogens is 3. The predicted molar refractivity (Wildman–Crippen MR) is 124 cm³/mol. The van der Waals surface area contributed by atoms with Gasteiger partial charge in [-0.25, -0.2) is 0 Å². The Kier molecular flexibility index (Phi) is 9.47. The minimum atomic E-state index is -0.103. The molecule has 30 heavy (non-hydrogen) atoms. The van der Waals surface area contributed by atoms with Crippen molar-refractivity contribution in [2.45, 2.75) is 91.4 Å². The van der Waals surface area contributed by atoms with Crippen LogP contribution in [0.5, 0.6) is 11.6 Å². The Labute approximate surface area is 182 Å². The first kappa shape index (κ1) is 24.0. The predicted octanol–water partition coefficient (Wildman–Crippen LogP) is 6.07. The van der Waals surface area contributed by atoms with E-state index in [4.69, 9.17) is 25.3 Å². The van der Waals surface area contributed by atoms with Gasteiger partial charge in [0.05, 0.1) is 18.9 Å². The lowest BCUT2D eigenvalue weighted by atomic mass is 9.92. The molecule has 0 aliphatic rings. The second kappa shape index (κ2) is 11.8. The van der Waals surface area contributed by atoms with Crippen molar-refractivity contribution in [3.8, 4) is 17.4 Å². The van der Waals surface area contributed by atoms with E-state index < -0.39 is 0 Å². The van der Waals surface area contributed by atoms with E-state index in [1.807, 2.05) is 18.2 Å². The molecular weight excluding hydrogens is 376 g/mol. The van der Waals surface area contributed by atoms with E-state index in [1.54, 1.807) is 4.68 Å². The summed E-state index contributed by atoms with van der Waals surface area (Å²) in [5.41, 5.74) is 7.12. The SMILES string of the molecule is CCCCCCOc1ccc(OCCCCCC)c(-n2nc(C(C)(C)C)cc2N)n1. The van der Waals surface area contributed by atoms with E-state index in [0.29, 0.717) is 36.5 Å². The maximum absolute atomic E-state index is 6.30. The number of pyridine rings is 1. The molecule has 6 nitrogen and oxygen atoms in total. The Morgan fingerprint density at radius 2 is 1.53 bits per heavy atom. The normalized spacial score (nSPS) is 11.6. The van der Waals surface area contributed by atoms with Crippen LogP contribution < -0.4 is 15.2 Å². The van der Waals surface area contributed by atoms with E-state index in [1.165, 1.54) is 32.1 Å². The summed E-state index contributed by atoms with van der Waals surface area (Å²) >= 11 is 0. The first-order valence-corrected chi connectivity index (χ1v) is 11.5. The summed E-state index contributed by atoms with van der Waals surface area (Å²) in [4.78, 5) is 4.71. The molecule has 0 aliphatic heterocycles. The summed E-state index contributed by atoms with van der Waals surface area (Å²) < 4.78 is 13.6. The van der Waals surface area contributed by atoms with Crippen LogP contribution in [0.2, 0.25) is 0 Å². The van der Waals surface area contributed by atoms with Gasteiger partial charge in [-0.15, -0.1) is 0 Å². The molecule has 6 heteroatoms. The summed E-state index contributed by atoms with van der Waals surface area (Å²) in [5, 5.41) is 4.73. The molecule has 0 bridgehead atoms. The molecule has 2 aromatic heterocycles. The number of nitrogen functional groups attached to an aromatic ring is 1. The van der Waals surface area contributed by atoms with Crippen molar-refractivity contribution in [1.82, 2.24) is 14.8 Å². The Bertz CT molecular complexity index is 765. The fraction of sp³-hybridized carbons (Fsp3) is 0.667. The number of unbranched alkanes of at least 4 members (excludes halogenated alkanes) is 6. The van der Waals surface area contributed by atoms with Crippen LogP contribution in [0.25, 0.3) is 5.82 Å². The van der Waals surface area contributed by atoms with Crippen molar-refractivity contribution in [3.63, 3.8) is 0 Å². The molecule has 0 saturated heterocycles. The molecule has 0 spiro atoms. The van der Waals surface area contributed by atoms with Crippen molar-refractivity contribution < 1.29 is 9.47 Å². The maximum Gasteiger partial charge on any atom is 0.215 e. The van der Waals surface area contributed by atoms with Gasteiger partial charge in [-0.3, -0.25) is 0 Å². The molecule has 2 N–H and O–H groups in total. The number of hydrogen-bond acceptors (Lipinski definition) is 5. The Morgan fingerprint density at radius 1 is 0.900 bits per heavy atom. The summed E-state index contributed by atoms with van der Waals surface area (Å²) in [7, 11) is 0. The number of nitrogens with two attached hydrogens (primary N) is 1. The Morgan fingerprint density at radius 3 is 2.10 bits per heavy atom. The van der Waals surface area contributed by atoms with Gasteiger partial charge in [0, 0.05) is 17.5 Å². The van der Waals surface area contributed by atoms with Crippen LogP contribution in [0.4, 0.5) is 5.82 Å². The summed E-state index contributed by atoms with van der Waals surface area (Å²) in [5.74, 6) is 2.39. The molecule has 2 aromatic rings. The highest BCUT2D eigenvalue weighted by atomic mass is 16.5. The monoisotopic (exact) mass is 416 g/mol. The minimum absolute atomic E-state index is 0.103. The van der Waals surface area contributed by atoms with Gasteiger partial charge in [0.1, 0.15) is 5.82 Å². The Balaban J connectivity index is 2.21. The molecule has 0 fully saturated rings. The van der Waals surface area contributed by atoms with Gasteiger partial charge in [-0.2, -0.15) is 14.8 Å². The number of ether oxygens (including phenoxy) is 2. The van der Waals surface area contributed by atoms with Crippen molar-refractivity contribution in [2.24, 2.45) is 0 Å². The lowest BCUT2D eigenvalue weighted by Crippen LogP contribution is -2.14. The largest absolute Gasteiger partial charge is 0.490 e. The highest BCUT2D eigenvalue weighted by Gasteiger charge is 2.22.